The molecule has 0 aromatic carbocycles. The van der Waals surface area contributed by atoms with Crippen molar-refractivity contribution in [3.8, 4) is 0 Å². The van der Waals surface area contributed by atoms with Gasteiger partial charge >= 0.3 is 23.9 Å². The van der Waals surface area contributed by atoms with E-state index in [4.69, 9.17) is 18.9 Å². The van der Waals surface area contributed by atoms with Gasteiger partial charge in [-0.1, -0.05) is 156 Å². The molecule has 10 heteroatoms. The third kappa shape index (κ3) is 34.9. The van der Waals surface area contributed by atoms with Gasteiger partial charge in [0.1, 0.15) is 0 Å². The lowest BCUT2D eigenvalue weighted by Gasteiger charge is -2.25. The molecule has 0 fully saturated rings. The van der Waals surface area contributed by atoms with Crippen molar-refractivity contribution < 1.29 is 38.1 Å². The maximum atomic E-state index is 12.8. The first-order valence-corrected chi connectivity index (χ1v) is 21.4. The molecule has 10 nitrogen and oxygen atoms in total. The standard InChI is InChI=1S/C42H80N2O8/c1-5-9-13-17-21-25-31-49-39(45)35-43(36-40(46)50-32-26-22-18-14-10-6-2)29-30-44(37-41(47)51-33-27-23-19-15-11-7-3)38-42(48)52-34-28-24-20-16-12-8-4/h5-38H2,1-4H3. The molecule has 0 unspecified atom stereocenters. The van der Waals surface area contributed by atoms with E-state index in [1.165, 1.54) is 77.0 Å². The highest BCUT2D eigenvalue weighted by atomic mass is 16.5. The lowest BCUT2D eigenvalue weighted by Crippen LogP contribution is -2.44. The van der Waals surface area contributed by atoms with Crippen molar-refractivity contribution >= 4 is 23.9 Å². The summed E-state index contributed by atoms with van der Waals surface area (Å²) in [4.78, 5) is 54.7. The van der Waals surface area contributed by atoms with Crippen LogP contribution >= 0.6 is 0 Å². The van der Waals surface area contributed by atoms with Gasteiger partial charge in [0.05, 0.1) is 52.6 Å². The molecule has 0 aromatic rings. The number of hydrogen-bond acceptors (Lipinski definition) is 10. The van der Waals surface area contributed by atoms with Crippen LogP contribution in [0.1, 0.15) is 182 Å². The zero-order valence-electron chi connectivity index (χ0n) is 34.2. The fourth-order valence-corrected chi connectivity index (χ4v) is 5.90. The van der Waals surface area contributed by atoms with Crippen LogP contribution in [0.2, 0.25) is 0 Å². The van der Waals surface area contributed by atoms with E-state index >= 15 is 0 Å². The van der Waals surface area contributed by atoms with E-state index in [9.17, 15) is 19.2 Å². The van der Waals surface area contributed by atoms with Crippen LogP contribution in [-0.4, -0.2) is 99.4 Å². The number of carbonyl (C=O) groups is 4. The smallest absolute Gasteiger partial charge is 0.320 e. The molecule has 0 N–H and O–H groups in total. The SMILES string of the molecule is CCCCCCCCOC(=O)CN(CCN(CC(=O)OCCCCCCCC)CC(=O)OCCCCCCCC)CC(=O)OCCCCCCCC. The zero-order chi connectivity index (χ0) is 38.3. The van der Waals surface area contributed by atoms with Crippen molar-refractivity contribution in [2.75, 3.05) is 65.7 Å². The maximum Gasteiger partial charge on any atom is 0.320 e. The quantitative estimate of drug-likeness (QED) is 0.0344. The molecule has 0 aromatic heterocycles. The molecule has 0 radical (unpaired) electrons. The molecular weight excluding hydrogens is 660 g/mol. The van der Waals surface area contributed by atoms with Crippen molar-refractivity contribution in [3.63, 3.8) is 0 Å². The summed E-state index contributed by atoms with van der Waals surface area (Å²) in [5.41, 5.74) is 0. The van der Waals surface area contributed by atoms with E-state index in [0.29, 0.717) is 26.4 Å². The first-order valence-electron chi connectivity index (χ1n) is 21.4. The van der Waals surface area contributed by atoms with E-state index in [1.807, 2.05) is 0 Å². The third-order valence-electron chi connectivity index (χ3n) is 9.19. The minimum Gasteiger partial charge on any atom is -0.465 e. The predicted molar refractivity (Wildman–Crippen MR) is 210 cm³/mol. The number of carbonyl (C=O) groups excluding carboxylic acids is 4. The topological polar surface area (TPSA) is 112 Å². The van der Waals surface area contributed by atoms with Crippen LogP contribution in [0, 0.1) is 0 Å². The van der Waals surface area contributed by atoms with Gasteiger partial charge < -0.3 is 18.9 Å². The molecule has 0 aliphatic carbocycles. The second-order valence-electron chi connectivity index (χ2n) is 14.4. The maximum absolute atomic E-state index is 12.8. The van der Waals surface area contributed by atoms with E-state index < -0.39 is 23.9 Å². The van der Waals surface area contributed by atoms with Crippen LogP contribution in [0.15, 0.2) is 0 Å². The van der Waals surface area contributed by atoms with Gasteiger partial charge in [0.2, 0.25) is 0 Å². The number of nitrogens with zero attached hydrogens (tertiary/aromatic N) is 2. The molecule has 0 amide bonds. The van der Waals surface area contributed by atoms with Gasteiger partial charge in [0.15, 0.2) is 0 Å². The van der Waals surface area contributed by atoms with E-state index in [0.717, 1.165) is 77.0 Å². The fraction of sp³-hybridized carbons (Fsp3) is 0.905. The first kappa shape index (κ1) is 49.8. The molecule has 0 saturated carbocycles. The summed E-state index contributed by atoms with van der Waals surface area (Å²) in [7, 11) is 0. The zero-order valence-corrected chi connectivity index (χ0v) is 34.2. The van der Waals surface area contributed by atoms with Gasteiger partial charge in [-0.2, -0.15) is 0 Å². The van der Waals surface area contributed by atoms with E-state index in [1.54, 1.807) is 9.80 Å². The van der Waals surface area contributed by atoms with E-state index in [-0.39, 0.29) is 39.3 Å². The van der Waals surface area contributed by atoms with Gasteiger partial charge in [-0.25, -0.2) is 0 Å². The van der Waals surface area contributed by atoms with Crippen LogP contribution in [0.4, 0.5) is 0 Å². The molecule has 0 bridgehead atoms. The predicted octanol–water partition coefficient (Wildman–Crippen LogP) is 9.21. The summed E-state index contributed by atoms with van der Waals surface area (Å²) >= 11 is 0. The lowest BCUT2D eigenvalue weighted by atomic mass is 10.1. The van der Waals surface area contributed by atoms with Gasteiger partial charge in [-0.05, 0) is 25.7 Å². The number of esters is 4. The largest absolute Gasteiger partial charge is 0.465 e. The molecule has 0 aliphatic rings. The van der Waals surface area contributed by atoms with Gasteiger partial charge in [0.25, 0.3) is 0 Å². The summed E-state index contributed by atoms with van der Waals surface area (Å²) < 4.78 is 22.1. The van der Waals surface area contributed by atoms with Crippen LogP contribution in [0.3, 0.4) is 0 Å². The van der Waals surface area contributed by atoms with Crippen molar-refractivity contribution in [3.05, 3.63) is 0 Å². The van der Waals surface area contributed by atoms with Crippen molar-refractivity contribution in [2.45, 2.75) is 182 Å². The molecule has 0 saturated heterocycles. The average molecular weight is 741 g/mol. The Morgan fingerprint density at radius 1 is 0.308 bits per heavy atom. The number of rotatable bonds is 39. The highest BCUT2D eigenvalue weighted by Gasteiger charge is 2.21. The van der Waals surface area contributed by atoms with Gasteiger partial charge in [-0.15, -0.1) is 0 Å². The van der Waals surface area contributed by atoms with Gasteiger partial charge in [0, 0.05) is 13.1 Å². The normalized spacial score (nSPS) is 11.3. The second-order valence-corrected chi connectivity index (χ2v) is 14.4. The van der Waals surface area contributed by atoms with Crippen molar-refractivity contribution in [2.24, 2.45) is 0 Å². The number of hydrogen-bond donors (Lipinski definition) is 0. The summed E-state index contributed by atoms with van der Waals surface area (Å²) in [6.07, 6.45) is 26.2. The Balaban J connectivity index is 5.24. The summed E-state index contributed by atoms with van der Waals surface area (Å²) in [5.74, 6) is -1.61. The third-order valence-corrected chi connectivity index (χ3v) is 9.19. The Morgan fingerprint density at radius 2 is 0.500 bits per heavy atom. The summed E-state index contributed by atoms with van der Waals surface area (Å²) in [5, 5.41) is 0. The van der Waals surface area contributed by atoms with Crippen LogP contribution < -0.4 is 0 Å². The number of ether oxygens (including phenoxy) is 4. The molecule has 52 heavy (non-hydrogen) atoms. The summed E-state index contributed by atoms with van der Waals surface area (Å²) in [6.45, 7) is 10.3. The molecule has 306 valence electrons. The Kier molecular flexibility index (Phi) is 36.9. The average Bonchev–Trinajstić information content (AvgIpc) is 3.12. The number of unbranched alkanes of at least 4 members (excludes halogenated alkanes) is 20. The Labute approximate surface area is 318 Å². The lowest BCUT2D eigenvalue weighted by molar-refractivity contribution is -0.152. The molecule has 0 heterocycles. The van der Waals surface area contributed by atoms with Crippen molar-refractivity contribution in [1.82, 2.24) is 9.80 Å². The Morgan fingerprint density at radius 3 is 0.712 bits per heavy atom. The molecule has 0 atom stereocenters. The molecule has 0 rings (SSSR count). The second kappa shape index (κ2) is 38.5. The van der Waals surface area contributed by atoms with E-state index in [2.05, 4.69) is 27.7 Å². The summed E-state index contributed by atoms with van der Waals surface area (Å²) in [6, 6.07) is 0. The Hall–Kier alpha value is -2.20. The van der Waals surface area contributed by atoms with Crippen LogP contribution in [-0.2, 0) is 38.1 Å². The minimum absolute atomic E-state index is 0.0826. The minimum atomic E-state index is -0.402. The highest BCUT2D eigenvalue weighted by Crippen LogP contribution is 2.09. The molecular formula is C42H80N2O8. The fourth-order valence-electron chi connectivity index (χ4n) is 5.90. The van der Waals surface area contributed by atoms with Crippen LogP contribution in [0.5, 0.6) is 0 Å². The monoisotopic (exact) mass is 741 g/mol. The first-order chi connectivity index (χ1) is 25.4. The Bertz CT molecular complexity index is 724. The molecule has 0 spiro atoms. The van der Waals surface area contributed by atoms with Crippen LogP contribution in [0.25, 0.3) is 0 Å². The highest BCUT2D eigenvalue weighted by molar-refractivity contribution is 5.76. The molecule has 0 aliphatic heterocycles. The van der Waals surface area contributed by atoms with Crippen molar-refractivity contribution in [1.29, 1.82) is 0 Å². The van der Waals surface area contributed by atoms with Gasteiger partial charge in [-0.3, -0.25) is 29.0 Å².